The van der Waals surface area contributed by atoms with E-state index in [0.29, 0.717) is 19.4 Å². The number of piperidine rings is 1. The number of amides is 1. The summed E-state index contributed by atoms with van der Waals surface area (Å²) in [5.41, 5.74) is 3.41. The first-order chi connectivity index (χ1) is 17.8. The molecule has 0 radical (unpaired) electrons. The number of hydrogen-bond acceptors (Lipinski definition) is 6. The highest BCUT2D eigenvalue weighted by molar-refractivity contribution is 7.85. The van der Waals surface area contributed by atoms with Crippen molar-refractivity contribution in [3.05, 3.63) is 84.1 Å². The monoisotopic (exact) mass is 524 g/mol. The van der Waals surface area contributed by atoms with Crippen molar-refractivity contribution in [1.82, 2.24) is 9.88 Å². The molecule has 196 valence electrons. The number of rotatable bonds is 10. The highest BCUT2D eigenvalue weighted by Crippen LogP contribution is 2.42. The number of nitrogens with one attached hydrogen (secondary N) is 1. The molecule has 0 saturated carbocycles. The molecule has 1 saturated heterocycles. The minimum atomic E-state index is -3.56. The second-order valence-electron chi connectivity index (χ2n) is 9.35. The predicted molar refractivity (Wildman–Crippen MR) is 141 cm³/mol. The standard InChI is InChI=1S/C28H32N2O6S/c1-3-21-18-30(28(32)35-19-20-9-5-4-6-10-20)26(17-22(21)14-16-36-37(2,33)34)27-24(13-15-31)23-11-7-8-12-25(23)29-27/h3-12,15,21-22,26,29H,1,13-14,16-19H2,2H3/t21-,22-,26-/m1/s1. The number of aldehydes is 1. The highest BCUT2D eigenvalue weighted by atomic mass is 32.2. The minimum Gasteiger partial charge on any atom is -0.445 e. The fourth-order valence-electron chi connectivity index (χ4n) is 5.13. The number of likely N-dealkylation sites (tertiary alicyclic amines) is 1. The summed E-state index contributed by atoms with van der Waals surface area (Å²) in [6.07, 6.45) is 4.46. The molecule has 2 aromatic carbocycles. The molecule has 3 aromatic rings. The van der Waals surface area contributed by atoms with Crippen molar-refractivity contribution in [1.29, 1.82) is 0 Å². The number of carbonyl (C=O) groups excluding carboxylic acids is 2. The lowest BCUT2D eigenvalue weighted by Crippen LogP contribution is -2.46. The number of carbonyl (C=O) groups is 2. The van der Waals surface area contributed by atoms with Crippen LogP contribution >= 0.6 is 0 Å². The van der Waals surface area contributed by atoms with E-state index in [2.05, 4.69) is 11.6 Å². The quantitative estimate of drug-likeness (QED) is 0.233. The molecular formula is C28H32N2O6S. The first kappa shape index (κ1) is 26.6. The molecule has 0 bridgehead atoms. The van der Waals surface area contributed by atoms with Crippen LogP contribution in [0.15, 0.2) is 67.3 Å². The Hall–Kier alpha value is -3.43. The van der Waals surface area contributed by atoms with E-state index in [1.165, 1.54) is 0 Å². The van der Waals surface area contributed by atoms with Crippen LogP contribution in [0.5, 0.6) is 0 Å². The molecule has 1 amide bonds. The molecular weight excluding hydrogens is 492 g/mol. The maximum absolute atomic E-state index is 13.4. The molecule has 2 heterocycles. The lowest BCUT2D eigenvalue weighted by molar-refractivity contribution is -0.107. The van der Waals surface area contributed by atoms with Crippen LogP contribution in [0.1, 0.15) is 35.7 Å². The van der Waals surface area contributed by atoms with Gasteiger partial charge in [-0.15, -0.1) is 6.58 Å². The minimum absolute atomic E-state index is 0.0120. The average molecular weight is 525 g/mol. The highest BCUT2D eigenvalue weighted by Gasteiger charge is 2.40. The number of fused-ring (bicyclic) bond motifs is 1. The zero-order valence-corrected chi connectivity index (χ0v) is 21.7. The van der Waals surface area contributed by atoms with Crippen LogP contribution in [0.3, 0.4) is 0 Å². The van der Waals surface area contributed by atoms with Gasteiger partial charge in [-0.1, -0.05) is 54.6 Å². The van der Waals surface area contributed by atoms with Crippen molar-refractivity contribution in [2.75, 3.05) is 19.4 Å². The summed E-state index contributed by atoms with van der Waals surface area (Å²) < 4.78 is 33.7. The molecule has 1 aliphatic heterocycles. The second-order valence-corrected chi connectivity index (χ2v) is 11.0. The SMILES string of the molecule is C=C[C@@H]1CN(C(=O)OCc2ccccc2)[C@@H](c2[nH]c3ccccc3c2CC=O)C[C@H]1CCOS(C)(=O)=O. The van der Waals surface area contributed by atoms with Crippen LogP contribution in [-0.4, -0.2) is 50.1 Å². The smallest absolute Gasteiger partial charge is 0.410 e. The molecule has 1 fully saturated rings. The zero-order chi connectivity index (χ0) is 26.4. The molecule has 0 spiro atoms. The number of aromatic nitrogens is 1. The summed E-state index contributed by atoms with van der Waals surface area (Å²) in [5.74, 6) is -0.0690. The Bertz CT molecular complexity index is 1350. The van der Waals surface area contributed by atoms with Crippen LogP contribution in [0, 0.1) is 11.8 Å². The van der Waals surface area contributed by atoms with E-state index in [-0.39, 0.29) is 31.5 Å². The van der Waals surface area contributed by atoms with E-state index in [9.17, 15) is 18.0 Å². The van der Waals surface area contributed by atoms with E-state index in [0.717, 1.165) is 40.3 Å². The van der Waals surface area contributed by atoms with Gasteiger partial charge in [0.2, 0.25) is 0 Å². The van der Waals surface area contributed by atoms with Crippen LogP contribution in [0.25, 0.3) is 10.9 Å². The van der Waals surface area contributed by atoms with Gasteiger partial charge >= 0.3 is 6.09 Å². The van der Waals surface area contributed by atoms with E-state index in [4.69, 9.17) is 8.92 Å². The predicted octanol–water partition coefficient (Wildman–Crippen LogP) is 4.78. The largest absolute Gasteiger partial charge is 0.445 e. The van der Waals surface area contributed by atoms with Crippen molar-refractivity contribution in [3.63, 3.8) is 0 Å². The Labute approximate surface area is 217 Å². The van der Waals surface area contributed by atoms with Gasteiger partial charge in [-0.3, -0.25) is 9.08 Å². The summed E-state index contributed by atoms with van der Waals surface area (Å²) >= 11 is 0. The van der Waals surface area contributed by atoms with Gasteiger partial charge in [-0.05, 0) is 41.9 Å². The van der Waals surface area contributed by atoms with Gasteiger partial charge in [-0.2, -0.15) is 8.42 Å². The molecule has 1 aliphatic rings. The molecule has 3 atom stereocenters. The molecule has 1 N–H and O–H groups in total. The summed E-state index contributed by atoms with van der Waals surface area (Å²) in [4.78, 5) is 30.2. The van der Waals surface area contributed by atoms with Gasteiger partial charge in [0.1, 0.15) is 12.9 Å². The molecule has 9 heteroatoms. The second kappa shape index (κ2) is 11.7. The maximum Gasteiger partial charge on any atom is 0.410 e. The molecule has 0 unspecified atom stereocenters. The van der Waals surface area contributed by atoms with Gasteiger partial charge in [0, 0.05) is 29.6 Å². The Morgan fingerprint density at radius 1 is 1.16 bits per heavy atom. The van der Waals surface area contributed by atoms with Gasteiger partial charge in [0.15, 0.2) is 0 Å². The number of nitrogens with zero attached hydrogens (tertiary/aromatic N) is 1. The van der Waals surface area contributed by atoms with Crippen LogP contribution < -0.4 is 0 Å². The van der Waals surface area contributed by atoms with Crippen LogP contribution in [-0.2, 0) is 36.9 Å². The van der Waals surface area contributed by atoms with E-state index < -0.39 is 22.3 Å². The number of hydrogen-bond donors (Lipinski definition) is 1. The van der Waals surface area contributed by atoms with Gasteiger partial charge in [0.25, 0.3) is 10.1 Å². The number of para-hydroxylation sites is 1. The summed E-state index contributed by atoms with van der Waals surface area (Å²) in [5, 5.41) is 0.935. The molecule has 0 aliphatic carbocycles. The summed E-state index contributed by atoms with van der Waals surface area (Å²) in [6.45, 7) is 4.50. The van der Waals surface area contributed by atoms with Crippen LogP contribution in [0.4, 0.5) is 4.79 Å². The molecule has 8 nitrogen and oxygen atoms in total. The first-order valence-electron chi connectivity index (χ1n) is 12.3. The lowest BCUT2D eigenvalue weighted by atomic mass is 9.78. The third-order valence-electron chi connectivity index (χ3n) is 6.91. The molecule has 37 heavy (non-hydrogen) atoms. The normalized spacial score (nSPS) is 20.0. The third kappa shape index (κ3) is 6.47. The van der Waals surface area contributed by atoms with Crippen molar-refractivity contribution < 1.29 is 26.9 Å². The van der Waals surface area contributed by atoms with Gasteiger partial charge in [0.05, 0.1) is 18.9 Å². The van der Waals surface area contributed by atoms with E-state index in [1.807, 2.05) is 54.6 Å². The zero-order valence-electron chi connectivity index (χ0n) is 20.8. The van der Waals surface area contributed by atoms with Gasteiger partial charge in [-0.25, -0.2) is 4.79 Å². The first-order valence-corrected chi connectivity index (χ1v) is 14.1. The molecule has 4 rings (SSSR count). The Kier molecular flexibility index (Phi) is 8.45. The fraction of sp³-hybridized carbons (Fsp3) is 0.357. The number of ether oxygens (including phenoxy) is 1. The van der Waals surface area contributed by atoms with Crippen LogP contribution in [0.2, 0.25) is 0 Å². The lowest BCUT2D eigenvalue weighted by Gasteiger charge is -2.42. The Morgan fingerprint density at radius 3 is 2.59 bits per heavy atom. The number of benzene rings is 2. The van der Waals surface area contributed by atoms with Gasteiger partial charge < -0.3 is 14.5 Å². The van der Waals surface area contributed by atoms with Crippen molar-refractivity contribution in [2.24, 2.45) is 11.8 Å². The summed E-state index contributed by atoms with van der Waals surface area (Å²) in [6, 6.07) is 16.8. The maximum atomic E-state index is 13.4. The van der Waals surface area contributed by atoms with E-state index in [1.54, 1.807) is 11.0 Å². The van der Waals surface area contributed by atoms with Crippen molar-refractivity contribution in [2.45, 2.75) is 31.9 Å². The Morgan fingerprint density at radius 2 is 1.89 bits per heavy atom. The number of aromatic amines is 1. The fourth-order valence-corrected chi connectivity index (χ4v) is 5.53. The molecule has 1 aromatic heterocycles. The van der Waals surface area contributed by atoms with Crippen molar-refractivity contribution >= 4 is 33.4 Å². The third-order valence-corrected chi connectivity index (χ3v) is 7.51. The average Bonchev–Trinajstić information content (AvgIpc) is 3.25. The Balaban J connectivity index is 1.66. The van der Waals surface area contributed by atoms with Crippen molar-refractivity contribution in [3.8, 4) is 0 Å². The summed E-state index contributed by atoms with van der Waals surface area (Å²) in [7, 11) is -3.56. The topological polar surface area (TPSA) is 106 Å². The van der Waals surface area contributed by atoms with E-state index >= 15 is 0 Å². The number of H-pyrrole nitrogens is 1.